The third-order valence-corrected chi connectivity index (χ3v) is 3.43. The van der Waals surface area contributed by atoms with Gasteiger partial charge in [0.15, 0.2) is 0 Å². The van der Waals surface area contributed by atoms with Crippen LogP contribution in [0.1, 0.15) is 24.0 Å². The van der Waals surface area contributed by atoms with Gasteiger partial charge in [-0.3, -0.25) is 4.99 Å². The Morgan fingerprint density at radius 2 is 2.06 bits per heavy atom. The molecule has 17 heavy (non-hydrogen) atoms. The SMILES string of the molecule is C=N/C(=C\c1ccccc1C)C1CCNCC1. The van der Waals surface area contributed by atoms with Crippen molar-refractivity contribution < 1.29 is 0 Å². The molecule has 1 heterocycles. The second-order valence-electron chi connectivity index (χ2n) is 4.61. The summed E-state index contributed by atoms with van der Waals surface area (Å²) in [5.74, 6) is 0.563. The molecule has 1 aliphatic rings. The minimum atomic E-state index is 0.563. The lowest BCUT2D eigenvalue weighted by Gasteiger charge is -2.23. The van der Waals surface area contributed by atoms with Crippen LogP contribution in [0.15, 0.2) is 35.0 Å². The number of aryl methyl sites for hydroxylation is 1. The molecule has 0 atom stereocenters. The van der Waals surface area contributed by atoms with E-state index in [0.717, 1.165) is 31.6 Å². The first-order valence-electron chi connectivity index (χ1n) is 6.26. The van der Waals surface area contributed by atoms with Gasteiger partial charge in [-0.05, 0) is 56.8 Å². The van der Waals surface area contributed by atoms with E-state index in [1.807, 2.05) is 0 Å². The van der Waals surface area contributed by atoms with Crippen LogP contribution in [-0.2, 0) is 0 Å². The van der Waals surface area contributed by atoms with Crippen molar-refractivity contribution in [2.75, 3.05) is 13.1 Å². The molecule has 0 saturated carbocycles. The Balaban J connectivity index is 2.22. The molecule has 1 fully saturated rings. The molecule has 0 aromatic heterocycles. The van der Waals surface area contributed by atoms with Gasteiger partial charge < -0.3 is 5.32 Å². The summed E-state index contributed by atoms with van der Waals surface area (Å²) in [7, 11) is 0. The van der Waals surface area contributed by atoms with Gasteiger partial charge in [-0.25, -0.2) is 0 Å². The molecule has 0 radical (unpaired) electrons. The number of nitrogens with one attached hydrogen (secondary N) is 1. The van der Waals surface area contributed by atoms with Crippen LogP contribution in [0.2, 0.25) is 0 Å². The summed E-state index contributed by atoms with van der Waals surface area (Å²) in [5.41, 5.74) is 3.69. The van der Waals surface area contributed by atoms with Gasteiger partial charge in [-0.1, -0.05) is 24.3 Å². The average molecular weight is 228 g/mol. The number of allylic oxidation sites excluding steroid dienone is 1. The molecule has 0 amide bonds. The van der Waals surface area contributed by atoms with Crippen molar-refractivity contribution >= 4 is 12.8 Å². The van der Waals surface area contributed by atoms with Crippen LogP contribution >= 0.6 is 0 Å². The predicted octanol–water partition coefficient (Wildman–Crippen LogP) is 3.04. The zero-order valence-electron chi connectivity index (χ0n) is 10.4. The Bertz CT molecular complexity index is 415. The summed E-state index contributed by atoms with van der Waals surface area (Å²) in [6.07, 6.45) is 4.52. The van der Waals surface area contributed by atoms with Crippen LogP contribution in [0.3, 0.4) is 0 Å². The highest BCUT2D eigenvalue weighted by atomic mass is 14.9. The minimum absolute atomic E-state index is 0.563. The Morgan fingerprint density at radius 1 is 1.35 bits per heavy atom. The third kappa shape index (κ3) is 3.04. The second kappa shape index (κ2) is 5.78. The van der Waals surface area contributed by atoms with Crippen LogP contribution in [0.4, 0.5) is 0 Å². The molecule has 1 N–H and O–H groups in total. The van der Waals surface area contributed by atoms with E-state index in [-0.39, 0.29) is 0 Å². The quantitative estimate of drug-likeness (QED) is 0.790. The molecule has 1 aliphatic heterocycles. The Hall–Kier alpha value is -1.41. The maximum atomic E-state index is 4.23. The van der Waals surface area contributed by atoms with Crippen molar-refractivity contribution in [3.05, 3.63) is 41.1 Å². The summed E-state index contributed by atoms with van der Waals surface area (Å²) >= 11 is 0. The van der Waals surface area contributed by atoms with Gasteiger partial charge in [0.25, 0.3) is 0 Å². The van der Waals surface area contributed by atoms with Crippen LogP contribution in [0, 0.1) is 12.8 Å². The van der Waals surface area contributed by atoms with Crippen molar-refractivity contribution in [3.63, 3.8) is 0 Å². The number of hydrogen-bond acceptors (Lipinski definition) is 2. The smallest absolute Gasteiger partial charge is 0.0434 e. The van der Waals surface area contributed by atoms with Crippen molar-refractivity contribution in [3.8, 4) is 0 Å². The highest BCUT2D eigenvalue weighted by Gasteiger charge is 2.16. The van der Waals surface area contributed by atoms with Crippen LogP contribution in [-0.4, -0.2) is 19.8 Å². The summed E-state index contributed by atoms with van der Waals surface area (Å²) in [6.45, 7) is 8.03. The van der Waals surface area contributed by atoms with Crippen LogP contribution in [0.5, 0.6) is 0 Å². The van der Waals surface area contributed by atoms with E-state index in [9.17, 15) is 0 Å². The third-order valence-electron chi connectivity index (χ3n) is 3.43. The lowest BCUT2D eigenvalue weighted by molar-refractivity contribution is 0.419. The number of rotatable bonds is 3. The molecule has 2 heteroatoms. The first-order chi connectivity index (χ1) is 8.31. The zero-order valence-corrected chi connectivity index (χ0v) is 10.4. The number of nitrogens with zero attached hydrogens (tertiary/aromatic N) is 1. The van der Waals surface area contributed by atoms with Crippen molar-refractivity contribution in [1.82, 2.24) is 5.32 Å². The topological polar surface area (TPSA) is 24.4 Å². The average Bonchev–Trinajstić information content (AvgIpc) is 2.39. The van der Waals surface area contributed by atoms with E-state index < -0.39 is 0 Å². The summed E-state index contributed by atoms with van der Waals surface area (Å²) in [5, 5.41) is 3.38. The highest BCUT2D eigenvalue weighted by Crippen LogP contribution is 2.25. The van der Waals surface area contributed by atoms with Gasteiger partial charge in [0, 0.05) is 11.6 Å². The molecule has 2 rings (SSSR count). The second-order valence-corrected chi connectivity index (χ2v) is 4.61. The summed E-state index contributed by atoms with van der Waals surface area (Å²) < 4.78 is 0. The fraction of sp³-hybridized carbons (Fsp3) is 0.400. The van der Waals surface area contributed by atoms with Crippen LogP contribution < -0.4 is 5.32 Å². The molecular formula is C15H20N2. The fourth-order valence-electron chi connectivity index (χ4n) is 2.32. The number of hydrogen-bond donors (Lipinski definition) is 1. The molecule has 90 valence electrons. The first kappa shape index (κ1) is 12.1. The first-order valence-corrected chi connectivity index (χ1v) is 6.26. The largest absolute Gasteiger partial charge is 0.317 e. The number of piperidine rings is 1. The normalized spacial score (nSPS) is 18.1. The van der Waals surface area contributed by atoms with E-state index >= 15 is 0 Å². The molecule has 0 aliphatic carbocycles. The molecule has 1 aromatic carbocycles. The minimum Gasteiger partial charge on any atom is -0.317 e. The maximum Gasteiger partial charge on any atom is 0.0434 e. The number of aliphatic imine (C=N–C) groups is 1. The highest BCUT2D eigenvalue weighted by molar-refractivity contribution is 5.57. The standard InChI is InChI=1S/C15H20N2/c1-12-5-3-4-6-14(12)11-15(16-2)13-7-9-17-10-8-13/h3-6,11,13,17H,2,7-10H2,1H3/b15-11-. The van der Waals surface area contributed by atoms with E-state index in [1.54, 1.807) is 0 Å². The molecule has 1 saturated heterocycles. The fourth-order valence-corrected chi connectivity index (χ4v) is 2.32. The van der Waals surface area contributed by atoms with Gasteiger partial charge in [-0.15, -0.1) is 0 Å². The van der Waals surface area contributed by atoms with E-state index in [0.29, 0.717) is 5.92 Å². The van der Waals surface area contributed by atoms with Gasteiger partial charge >= 0.3 is 0 Å². The molecule has 0 unspecified atom stereocenters. The number of benzene rings is 1. The molecule has 2 nitrogen and oxygen atoms in total. The van der Waals surface area contributed by atoms with Crippen molar-refractivity contribution in [2.24, 2.45) is 10.9 Å². The molecular weight excluding hydrogens is 208 g/mol. The Labute approximate surface area is 103 Å². The molecule has 0 spiro atoms. The summed E-state index contributed by atoms with van der Waals surface area (Å²) in [6, 6.07) is 8.41. The predicted molar refractivity (Wildman–Crippen MR) is 74.3 cm³/mol. The Kier molecular flexibility index (Phi) is 4.10. The van der Waals surface area contributed by atoms with Crippen molar-refractivity contribution in [2.45, 2.75) is 19.8 Å². The van der Waals surface area contributed by atoms with Gasteiger partial charge in [0.2, 0.25) is 0 Å². The van der Waals surface area contributed by atoms with Gasteiger partial charge in [-0.2, -0.15) is 0 Å². The van der Waals surface area contributed by atoms with Crippen molar-refractivity contribution in [1.29, 1.82) is 0 Å². The van der Waals surface area contributed by atoms with Gasteiger partial charge in [0.05, 0.1) is 0 Å². The van der Waals surface area contributed by atoms with Gasteiger partial charge in [0.1, 0.15) is 0 Å². The summed E-state index contributed by atoms with van der Waals surface area (Å²) in [4.78, 5) is 4.23. The lowest BCUT2D eigenvalue weighted by atomic mass is 9.93. The lowest BCUT2D eigenvalue weighted by Crippen LogP contribution is -2.28. The van der Waals surface area contributed by atoms with E-state index in [2.05, 4.69) is 54.3 Å². The van der Waals surface area contributed by atoms with E-state index in [1.165, 1.54) is 11.1 Å². The maximum absolute atomic E-state index is 4.23. The molecule has 0 bridgehead atoms. The van der Waals surface area contributed by atoms with Crippen LogP contribution in [0.25, 0.3) is 6.08 Å². The Morgan fingerprint density at radius 3 is 2.71 bits per heavy atom. The zero-order chi connectivity index (χ0) is 12.1. The molecule has 1 aromatic rings. The monoisotopic (exact) mass is 228 g/mol. The van der Waals surface area contributed by atoms with E-state index in [4.69, 9.17) is 0 Å².